The number of anilines is 1. The first kappa shape index (κ1) is 7.71. The fraction of sp³-hybridized carbons (Fsp3) is 0.167. The zero-order valence-corrected chi connectivity index (χ0v) is 5.50. The summed E-state index contributed by atoms with van der Waals surface area (Å²) in [6.07, 6.45) is 0. The maximum atomic E-state index is 12.0. The van der Waals surface area contributed by atoms with E-state index in [0.29, 0.717) is 0 Å². The Labute approximate surface area is 61.1 Å². The summed E-state index contributed by atoms with van der Waals surface area (Å²) in [5.41, 5.74) is 4.31. The molecule has 0 aliphatic rings. The molecule has 11 heavy (non-hydrogen) atoms. The molecule has 0 radical (unpaired) electrons. The topological polar surface area (TPSA) is 48.0 Å². The van der Waals surface area contributed by atoms with Crippen molar-refractivity contribution < 1.29 is 8.78 Å². The van der Waals surface area contributed by atoms with E-state index in [9.17, 15) is 13.6 Å². The lowest BCUT2D eigenvalue weighted by Crippen LogP contribution is -2.21. The molecule has 0 saturated heterocycles. The summed E-state index contributed by atoms with van der Waals surface area (Å²) in [6, 6.07) is 3.60. The summed E-state index contributed by atoms with van der Waals surface area (Å²) in [4.78, 5) is 10.7. The minimum absolute atomic E-state index is 0.222. The molecule has 1 heterocycles. The summed E-state index contributed by atoms with van der Waals surface area (Å²) in [7, 11) is 0. The third kappa shape index (κ3) is 1.36. The van der Waals surface area contributed by atoms with Crippen LogP contribution < -0.4 is 11.3 Å². The van der Waals surface area contributed by atoms with Crippen molar-refractivity contribution in [3.63, 3.8) is 0 Å². The minimum Gasteiger partial charge on any atom is -0.385 e. The Balaban J connectivity index is 3.33. The van der Waals surface area contributed by atoms with E-state index in [0.717, 1.165) is 6.07 Å². The number of alkyl halides is 2. The van der Waals surface area contributed by atoms with Crippen LogP contribution in [0.4, 0.5) is 14.6 Å². The smallest absolute Gasteiger partial charge is 0.322 e. The van der Waals surface area contributed by atoms with Gasteiger partial charge in [-0.1, -0.05) is 6.07 Å². The van der Waals surface area contributed by atoms with Crippen LogP contribution in [0.5, 0.6) is 0 Å². The molecule has 0 unspecified atom stereocenters. The van der Waals surface area contributed by atoms with Crippen LogP contribution in [0.3, 0.4) is 0 Å². The molecule has 2 N–H and O–H groups in total. The molecule has 0 atom stereocenters. The molecule has 1 rings (SSSR count). The molecule has 60 valence electrons. The van der Waals surface area contributed by atoms with Crippen LogP contribution in [0.2, 0.25) is 0 Å². The number of nitrogen functional groups attached to an aromatic ring is 1. The molecule has 0 aromatic carbocycles. The van der Waals surface area contributed by atoms with Crippen molar-refractivity contribution in [2.45, 2.75) is 6.55 Å². The number of aromatic nitrogens is 1. The van der Waals surface area contributed by atoms with E-state index < -0.39 is 12.1 Å². The summed E-state index contributed by atoms with van der Waals surface area (Å²) in [5.74, 6) is -0.229. The second-order valence-electron chi connectivity index (χ2n) is 1.94. The van der Waals surface area contributed by atoms with Crippen LogP contribution in [0.25, 0.3) is 0 Å². The predicted octanol–water partition coefficient (Wildman–Crippen LogP) is 0.826. The highest BCUT2D eigenvalue weighted by Gasteiger charge is 2.09. The number of rotatable bonds is 1. The second kappa shape index (κ2) is 2.69. The summed E-state index contributed by atoms with van der Waals surface area (Å²) in [6.45, 7) is -2.87. The lowest BCUT2D eigenvalue weighted by molar-refractivity contribution is 0.0689. The quantitative estimate of drug-likeness (QED) is 0.661. The Bertz CT molecular complexity index is 308. The van der Waals surface area contributed by atoms with Gasteiger partial charge in [0.2, 0.25) is 0 Å². The van der Waals surface area contributed by atoms with E-state index in [1.165, 1.54) is 12.1 Å². The highest BCUT2D eigenvalue weighted by Crippen LogP contribution is 2.10. The molecule has 3 nitrogen and oxygen atoms in total. The molecular formula is C6H6F2N2O. The lowest BCUT2D eigenvalue weighted by Gasteiger charge is -2.05. The first-order valence-corrected chi connectivity index (χ1v) is 2.88. The minimum atomic E-state index is -2.87. The Morgan fingerprint density at radius 3 is 2.45 bits per heavy atom. The van der Waals surface area contributed by atoms with Gasteiger partial charge in [-0.15, -0.1) is 0 Å². The van der Waals surface area contributed by atoms with Crippen molar-refractivity contribution in [3.8, 4) is 0 Å². The molecule has 0 spiro atoms. The van der Waals surface area contributed by atoms with E-state index in [1.54, 1.807) is 0 Å². The lowest BCUT2D eigenvalue weighted by atomic mass is 10.4. The monoisotopic (exact) mass is 160 g/mol. The molecule has 0 amide bonds. The Morgan fingerprint density at radius 2 is 2.09 bits per heavy atom. The summed E-state index contributed by atoms with van der Waals surface area (Å²) < 4.78 is 24.2. The van der Waals surface area contributed by atoms with E-state index in [-0.39, 0.29) is 10.4 Å². The first-order chi connectivity index (χ1) is 5.13. The van der Waals surface area contributed by atoms with Gasteiger partial charge < -0.3 is 5.73 Å². The molecule has 0 aliphatic heterocycles. The summed E-state index contributed by atoms with van der Waals surface area (Å²) in [5, 5.41) is 0. The van der Waals surface area contributed by atoms with Crippen LogP contribution in [0.1, 0.15) is 6.55 Å². The van der Waals surface area contributed by atoms with Crippen LogP contribution >= 0.6 is 0 Å². The number of nitrogens with zero attached hydrogens (tertiary/aromatic N) is 1. The average Bonchev–Trinajstić information content (AvgIpc) is 1.85. The largest absolute Gasteiger partial charge is 0.385 e. The number of hydrogen-bond acceptors (Lipinski definition) is 2. The van der Waals surface area contributed by atoms with Gasteiger partial charge in [-0.3, -0.25) is 4.79 Å². The van der Waals surface area contributed by atoms with Gasteiger partial charge in [-0.25, -0.2) is 4.57 Å². The van der Waals surface area contributed by atoms with Gasteiger partial charge in [0.25, 0.3) is 5.56 Å². The van der Waals surface area contributed by atoms with Crippen LogP contribution in [0.15, 0.2) is 23.0 Å². The SMILES string of the molecule is Nc1cccc(=O)n1C(F)F. The third-order valence-electron chi connectivity index (χ3n) is 1.22. The fourth-order valence-corrected chi connectivity index (χ4v) is 0.726. The highest BCUT2D eigenvalue weighted by atomic mass is 19.3. The van der Waals surface area contributed by atoms with Gasteiger partial charge in [0.05, 0.1) is 0 Å². The maximum absolute atomic E-state index is 12.0. The molecule has 0 bridgehead atoms. The predicted molar refractivity (Wildman–Crippen MR) is 36.4 cm³/mol. The zero-order chi connectivity index (χ0) is 8.43. The van der Waals surface area contributed by atoms with Crippen molar-refractivity contribution in [1.29, 1.82) is 0 Å². The Hall–Kier alpha value is -1.39. The van der Waals surface area contributed by atoms with Gasteiger partial charge in [-0.2, -0.15) is 8.78 Å². The number of nitrogens with two attached hydrogens (primary N) is 1. The molecule has 1 aromatic rings. The number of halogens is 2. The number of hydrogen-bond donors (Lipinski definition) is 1. The van der Waals surface area contributed by atoms with Crippen molar-refractivity contribution in [2.75, 3.05) is 5.73 Å². The van der Waals surface area contributed by atoms with E-state index in [2.05, 4.69) is 0 Å². The van der Waals surface area contributed by atoms with Gasteiger partial charge in [-0.05, 0) is 6.07 Å². The van der Waals surface area contributed by atoms with Gasteiger partial charge in [0, 0.05) is 6.07 Å². The van der Waals surface area contributed by atoms with Gasteiger partial charge >= 0.3 is 6.55 Å². The molecular weight excluding hydrogens is 154 g/mol. The summed E-state index contributed by atoms with van der Waals surface area (Å²) >= 11 is 0. The van der Waals surface area contributed by atoms with Crippen molar-refractivity contribution in [1.82, 2.24) is 4.57 Å². The molecule has 0 aliphatic carbocycles. The molecule has 0 saturated carbocycles. The normalized spacial score (nSPS) is 10.5. The van der Waals surface area contributed by atoms with Crippen molar-refractivity contribution >= 4 is 5.82 Å². The second-order valence-corrected chi connectivity index (χ2v) is 1.94. The molecule has 1 aromatic heterocycles. The van der Waals surface area contributed by atoms with E-state index >= 15 is 0 Å². The zero-order valence-electron chi connectivity index (χ0n) is 5.50. The fourth-order valence-electron chi connectivity index (χ4n) is 0.726. The van der Waals surface area contributed by atoms with Crippen LogP contribution in [0, 0.1) is 0 Å². The molecule has 5 heteroatoms. The standard InChI is InChI=1S/C6H6F2N2O/c7-6(8)10-4(9)2-1-3-5(10)11/h1-3,6H,9H2. The molecule has 0 fully saturated rings. The van der Waals surface area contributed by atoms with Gasteiger partial charge in [0.15, 0.2) is 0 Å². The van der Waals surface area contributed by atoms with Crippen LogP contribution in [-0.2, 0) is 0 Å². The van der Waals surface area contributed by atoms with E-state index in [4.69, 9.17) is 5.73 Å². The van der Waals surface area contributed by atoms with Crippen LogP contribution in [-0.4, -0.2) is 4.57 Å². The van der Waals surface area contributed by atoms with E-state index in [1.807, 2.05) is 0 Å². The highest BCUT2D eigenvalue weighted by molar-refractivity contribution is 5.28. The third-order valence-corrected chi connectivity index (χ3v) is 1.22. The maximum Gasteiger partial charge on any atom is 0.322 e. The Kier molecular flexibility index (Phi) is 1.89. The van der Waals surface area contributed by atoms with Crippen molar-refractivity contribution in [3.05, 3.63) is 28.6 Å². The number of pyridine rings is 1. The first-order valence-electron chi connectivity index (χ1n) is 2.88. The van der Waals surface area contributed by atoms with Crippen molar-refractivity contribution in [2.24, 2.45) is 0 Å². The van der Waals surface area contributed by atoms with Gasteiger partial charge in [0.1, 0.15) is 5.82 Å². The Morgan fingerprint density at radius 1 is 1.45 bits per heavy atom. The average molecular weight is 160 g/mol.